The Hall–Kier alpha value is -3.84. The van der Waals surface area contributed by atoms with E-state index < -0.39 is 0 Å². The Balaban J connectivity index is 1.49. The zero-order valence-electron chi connectivity index (χ0n) is 17.7. The fraction of sp³-hybridized carbons (Fsp3) is 0.185. The molecule has 0 spiro atoms. The van der Waals surface area contributed by atoms with Crippen LogP contribution in [0.5, 0.6) is 5.75 Å². The average molecular weight is 411 g/mol. The number of nitrogens with zero attached hydrogens (tertiary/aromatic N) is 1. The lowest BCUT2D eigenvalue weighted by atomic mass is 10.1. The molecule has 0 unspecified atom stereocenters. The van der Waals surface area contributed by atoms with Crippen molar-refractivity contribution >= 4 is 12.0 Å². The number of aryl methyl sites for hydroxylation is 2. The fourth-order valence-electron chi connectivity index (χ4n) is 3.06. The van der Waals surface area contributed by atoms with Gasteiger partial charge in [0.25, 0.3) is 5.91 Å². The van der Waals surface area contributed by atoms with Crippen LogP contribution in [0, 0.1) is 18.3 Å². The van der Waals surface area contributed by atoms with Gasteiger partial charge in [-0.3, -0.25) is 4.79 Å². The van der Waals surface area contributed by atoms with Crippen LogP contribution in [0.2, 0.25) is 0 Å². The van der Waals surface area contributed by atoms with Crippen LogP contribution in [0.15, 0.2) is 84.4 Å². The van der Waals surface area contributed by atoms with Gasteiger partial charge in [0, 0.05) is 6.54 Å². The molecule has 0 fully saturated rings. The molecular weight excluding hydrogens is 384 g/mol. The van der Waals surface area contributed by atoms with Crippen LogP contribution >= 0.6 is 0 Å². The normalized spacial score (nSPS) is 10.9. The molecule has 0 bridgehead atoms. The number of nitrogens with one attached hydrogen (secondary N) is 1. The summed E-state index contributed by atoms with van der Waals surface area (Å²) in [7, 11) is 0. The Morgan fingerprint density at radius 3 is 2.35 bits per heavy atom. The monoisotopic (exact) mass is 410 g/mol. The molecule has 4 nitrogen and oxygen atoms in total. The minimum atomic E-state index is -0.352. The van der Waals surface area contributed by atoms with Crippen LogP contribution in [0.4, 0.5) is 0 Å². The lowest BCUT2D eigenvalue weighted by Gasteiger charge is -2.07. The second-order valence-electron chi connectivity index (χ2n) is 7.36. The largest absolute Gasteiger partial charge is 0.489 e. The van der Waals surface area contributed by atoms with Crippen LogP contribution in [0.3, 0.4) is 0 Å². The minimum absolute atomic E-state index is 0.0908. The Morgan fingerprint density at radius 1 is 0.968 bits per heavy atom. The quantitative estimate of drug-likeness (QED) is 0.298. The van der Waals surface area contributed by atoms with Gasteiger partial charge in [0.15, 0.2) is 0 Å². The van der Waals surface area contributed by atoms with Gasteiger partial charge in [-0.05, 0) is 54.7 Å². The van der Waals surface area contributed by atoms with E-state index in [0.717, 1.165) is 29.7 Å². The molecule has 156 valence electrons. The predicted molar refractivity (Wildman–Crippen MR) is 123 cm³/mol. The van der Waals surface area contributed by atoms with Crippen molar-refractivity contribution in [2.45, 2.75) is 26.4 Å². The lowest BCUT2D eigenvalue weighted by molar-refractivity contribution is -0.117. The van der Waals surface area contributed by atoms with Crippen LogP contribution in [-0.2, 0) is 17.8 Å². The van der Waals surface area contributed by atoms with E-state index in [1.165, 1.54) is 11.1 Å². The molecule has 1 N–H and O–H groups in total. The van der Waals surface area contributed by atoms with E-state index >= 15 is 0 Å². The second-order valence-corrected chi connectivity index (χ2v) is 7.36. The summed E-state index contributed by atoms with van der Waals surface area (Å²) in [5, 5.41) is 12.2. The Labute approximate surface area is 183 Å². The van der Waals surface area contributed by atoms with E-state index in [0.29, 0.717) is 13.2 Å². The highest BCUT2D eigenvalue weighted by atomic mass is 16.5. The highest BCUT2D eigenvalue weighted by Crippen LogP contribution is 2.16. The molecule has 0 aliphatic rings. The molecule has 0 atom stereocenters. The van der Waals surface area contributed by atoms with Crippen LogP contribution < -0.4 is 10.1 Å². The molecule has 31 heavy (non-hydrogen) atoms. The first-order valence-electron chi connectivity index (χ1n) is 10.4. The van der Waals surface area contributed by atoms with E-state index in [-0.39, 0.29) is 11.5 Å². The summed E-state index contributed by atoms with van der Waals surface area (Å²) in [4.78, 5) is 12.3. The number of rotatable bonds is 9. The first-order chi connectivity index (χ1) is 15.1. The van der Waals surface area contributed by atoms with E-state index in [2.05, 4.69) is 36.5 Å². The molecule has 0 radical (unpaired) electrons. The SMILES string of the molecule is Cc1ccc(COc2ccc(/C=C(/C#N)C(=O)NCCCc3ccccc3)cc2)cc1. The standard InChI is InChI=1S/C27H26N2O2/c1-21-9-11-24(12-10-21)20-31-26-15-13-23(14-16-26)18-25(19-28)27(30)29-17-5-8-22-6-3-2-4-7-22/h2-4,6-7,9-16,18H,5,8,17,20H2,1H3,(H,29,30)/b25-18-. The van der Waals surface area contributed by atoms with E-state index in [1.807, 2.05) is 60.7 Å². The first kappa shape index (κ1) is 21.9. The van der Waals surface area contributed by atoms with Crippen molar-refractivity contribution < 1.29 is 9.53 Å². The van der Waals surface area contributed by atoms with Gasteiger partial charge in [-0.1, -0.05) is 72.3 Å². The molecule has 0 aliphatic heterocycles. The number of carbonyl (C=O) groups excluding carboxylic acids is 1. The third-order valence-corrected chi connectivity index (χ3v) is 4.85. The van der Waals surface area contributed by atoms with Crippen LogP contribution in [0.25, 0.3) is 6.08 Å². The second kappa shape index (κ2) is 11.4. The zero-order valence-corrected chi connectivity index (χ0v) is 17.7. The summed E-state index contributed by atoms with van der Waals surface area (Å²) in [6.07, 6.45) is 3.30. The van der Waals surface area contributed by atoms with Gasteiger partial charge >= 0.3 is 0 Å². The highest BCUT2D eigenvalue weighted by molar-refractivity contribution is 6.01. The van der Waals surface area contributed by atoms with Crippen LogP contribution in [0.1, 0.15) is 28.7 Å². The fourth-order valence-corrected chi connectivity index (χ4v) is 3.06. The molecule has 3 aromatic carbocycles. The summed E-state index contributed by atoms with van der Waals surface area (Å²) in [6.45, 7) is 3.07. The molecule has 3 aromatic rings. The van der Waals surface area contributed by atoms with Gasteiger partial charge in [-0.25, -0.2) is 0 Å². The molecule has 4 heteroatoms. The summed E-state index contributed by atoms with van der Waals surface area (Å²) in [6, 6.07) is 27.7. The molecule has 0 saturated heterocycles. The maximum atomic E-state index is 12.3. The van der Waals surface area contributed by atoms with Crippen LogP contribution in [-0.4, -0.2) is 12.5 Å². The summed E-state index contributed by atoms with van der Waals surface area (Å²) >= 11 is 0. The van der Waals surface area contributed by atoms with Gasteiger partial charge in [-0.2, -0.15) is 5.26 Å². The molecule has 0 aliphatic carbocycles. The van der Waals surface area contributed by atoms with Gasteiger partial charge < -0.3 is 10.1 Å². The Morgan fingerprint density at radius 2 is 1.68 bits per heavy atom. The smallest absolute Gasteiger partial charge is 0.261 e. The average Bonchev–Trinajstić information content (AvgIpc) is 2.81. The molecule has 0 saturated carbocycles. The van der Waals surface area contributed by atoms with E-state index in [4.69, 9.17) is 4.74 Å². The number of hydrogen-bond acceptors (Lipinski definition) is 3. The van der Waals surface area contributed by atoms with Gasteiger partial charge in [-0.15, -0.1) is 0 Å². The van der Waals surface area contributed by atoms with Crippen molar-refractivity contribution in [2.24, 2.45) is 0 Å². The minimum Gasteiger partial charge on any atom is -0.489 e. The number of hydrogen-bond donors (Lipinski definition) is 1. The molecule has 3 rings (SSSR count). The first-order valence-corrected chi connectivity index (χ1v) is 10.4. The zero-order chi connectivity index (χ0) is 21.9. The molecule has 0 heterocycles. The predicted octanol–water partition coefficient (Wildman–Crippen LogP) is 5.23. The highest BCUT2D eigenvalue weighted by Gasteiger charge is 2.08. The van der Waals surface area contributed by atoms with Gasteiger partial charge in [0.2, 0.25) is 0 Å². The Bertz CT molecular complexity index is 1050. The summed E-state index contributed by atoms with van der Waals surface area (Å²) < 4.78 is 5.80. The van der Waals surface area contributed by atoms with Crippen molar-refractivity contribution in [3.63, 3.8) is 0 Å². The lowest BCUT2D eigenvalue weighted by Crippen LogP contribution is -2.25. The maximum absolute atomic E-state index is 12.3. The van der Waals surface area contributed by atoms with Crippen molar-refractivity contribution in [3.8, 4) is 11.8 Å². The summed E-state index contributed by atoms with van der Waals surface area (Å²) in [5.41, 5.74) is 4.42. The van der Waals surface area contributed by atoms with Crippen molar-refractivity contribution in [1.82, 2.24) is 5.32 Å². The Kier molecular flexibility index (Phi) is 8.02. The molecule has 1 amide bonds. The maximum Gasteiger partial charge on any atom is 0.261 e. The third-order valence-electron chi connectivity index (χ3n) is 4.85. The van der Waals surface area contributed by atoms with Crippen molar-refractivity contribution in [1.29, 1.82) is 5.26 Å². The van der Waals surface area contributed by atoms with E-state index in [9.17, 15) is 10.1 Å². The number of ether oxygens (including phenoxy) is 1. The third kappa shape index (κ3) is 7.17. The molecular formula is C27H26N2O2. The van der Waals surface area contributed by atoms with E-state index in [1.54, 1.807) is 6.08 Å². The summed E-state index contributed by atoms with van der Waals surface area (Å²) in [5.74, 6) is 0.386. The number of nitriles is 1. The molecule has 0 aromatic heterocycles. The number of carbonyl (C=O) groups is 1. The van der Waals surface area contributed by atoms with Crippen molar-refractivity contribution in [3.05, 3.63) is 107 Å². The number of amides is 1. The van der Waals surface area contributed by atoms with Gasteiger partial charge in [0.1, 0.15) is 24.0 Å². The topological polar surface area (TPSA) is 62.1 Å². The van der Waals surface area contributed by atoms with Gasteiger partial charge in [0.05, 0.1) is 0 Å². The number of benzene rings is 3. The van der Waals surface area contributed by atoms with Crippen molar-refractivity contribution in [2.75, 3.05) is 6.54 Å².